The Morgan fingerprint density at radius 2 is 2.33 bits per heavy atom. The highest BCUT2D eigenvalue weighted by Gasteiger charge is 2.39. The van der Waals surface area contributed by atoms with Gasteiger partial charge in [0.15, 0.2) is 0 Å². The molecule has 1 aromatic carbocycles. The highest BCUT2D eigenvalue weighted by molar-refractivity contribution is 5.23. The van der Waals surface area contributed by atoms with Crippen LogP contribution in [0, 0.1) is 5.82 Å². The number of ether oxygens (including phenoxy) is 1. The zero-order valence-electron chi connectivity index (χ0n) is 6.40. The van der Waals surface area contributed by atoms with E-state index in [9.17, 15) is 4.39 Å². The summed E-state index contributed by atoms with van der Waals surface area (Å²) in [4.78, 5) is 0. The van der Waals surface area contributed by atoms with Gasteiger partial charge in [-0.2, -0.15) is 0 Å². The monoisotopic (exact) mass is 168 g/mol. The second kappa shape index (κ2) is 2.84. The summed E-state index contributed by atoms with van der Waals surface area (Å²) in [6, 6.07) is 6.25. The van der Waals surface area contributed by atoms with E-state index in [2.05, 4.69) is 0 Å². The van der Waals surface area contributed by atoms with E-state index in [1.165, 1.54) is 12.1 Å². The highest BCUT2D eigenvalue weighted by Crippen LogP contribution is 2.38. The normalized spacial score (nSPS) is 27.2. The lowest BCUT2D eigenvalue weighted by Crippen LogP contribution is -1.94. The Kier molecular flexibility index (Phi) is 1.83. The van der Waals surface area contributed by atoms with Gasteiger partial charge in [0, 0.05) is 0 Å². The Morgan fingerprint density at radius 3 is 2.92 bits per heavy atom. The van der Waals surface area contributed by atoms with Crippen molar-refractivity contribution < 1.29 is 14.2 Å². The fraction of sp³-hybridized carbons (Fsp3) is 0.333. The number of hydrogen-bond donors (Lipinski definition) is 1. The van der Waals surface area contributed by atoms with Crippen LogP contribution >= 0.6 is 0 Å². The van der Waals surface area contributed by atoms with Crippen LogP contribution in [0.3, 0.4) is 0 Å². The molecule has 1 fully saturated rings. The molecule has 1 aliphatic rings. The number of epoxide rings is 1. The lowest BCUT2D eigenvalue weighted by atomic mass is 10.1. The van der Waals surface area contributed by atoms with E-state index in [1.54, 1.807) is 12.1 Å². The van der Waals surface area contributed by atoms with Crippen molar-refractivity contribution in [2.24, 2.45) is 0 Å². The first kappa shape index (κ1) is 7.71. The Morgan fingerprint density at radius 1 is 1.50 bits per heavy atom. The third-order valence-corrected chi connectivity index (χ3v) is 1.94. The van der Waals surface area contributed by atoms with Gasteiger partial charge in [-0.05, 0) is 17.7 Å². The molecule has 2 unspecified atom stereocenters. The fourth-order valence-electron chi connectivity index (χ4n) is 1.26. The van der Waals surface area contributed by atoms with E-state index >= 15 is 0 Å². The maximum absolute atomic E-state index is 12.7. The third kappa shape index (κ3) is 1.33. The Labute approximate surface area is 69.6 Å². The molecule has 1 heterocycles. The molecular formula is C9H9FO2. The molecule has 2 atom stereocenters. The number of aliphatic hydroxyl groups is 1. The van der Waals surface area contributed by atoms with Crippen LogP contribution in [-0.4, -0.2) is 17.8 Å². The molecule has 0 bridgehead atoms. The summed E-state index contributed by atoms with van der Waals surface area (Å²) in [5.74, 6) is -0.264. The average Bonchev–Trinajstić information content (AvgIpc) is 2.83. The van der Waals surface area contributed by atoms with Gasteiger partial charge in [-0.25, -0.2) is 4.39 Å². The van der Waals surface area contributed by atoms with Crippen LogP contribution in [0.25, 0.3) is 0 Å². The van der Waals surface area contributed by atoms with E-state index in [0.29, 0.717) is 0 Å². The van der Waals surface area contributed by atoms with E-state index in [1.807, 2.05) is 0 Å². The molecule has 0 saturated carbocycles. The summed E-state index contributed by atoms with van der Waals surface area (Å²) in [5.41, 5.74) is 0.800. The van der Waals surface area contributed by atoms with Crippen LogP contribution in [0.2, 0.25) is 0 Å². The standard InChI is InChI=1S/C9H9FO2/c10-7-3-1-2-6(4-7)9-8(5-11)12-9/h1-4,8-9,11H,5H2. The molecule has 2 nitrogen and oxygen atoms in total. The smallest absolute Gasteiger partial charge is 0.123 e. The summed E-state index contributed by atoms with van der Waals surface area (Å²) >= 11 is 0. The van der Waals surface area contributed by atoms with E-state index in [4.69, 9.17) is 9.84 Å². The molecule has 3 heteroatoms. The second-order valence-corrected chi connectivity index (χ2v) is 2.83. The molecule has 0 aliphatic carbocycles. The molecule has 0 amide bonds. The predicted octanol–water partition coefficient (Wildman–Crippen LogP) is 1.26. The van der Waals surface area contributed by atoms with Gasteiger partial charge in [-0.3, -0.25) is 0 Å². The first-order valence-electron chi connectivity index (χ1n) is 3.83. The van der Waals surface area contributed by atoms with Crippen molar-refractivity contribution in [1.82, 2.24) is 0 Å². The molecule has 2 rings (SSSR count). The maximum atomic E-state index is 12.7. The molecule has 0 spiro atoms. The van der Waals surface area contributed by atoms with Gasteiger partial charge in [0.2, 0.25) is 0 Å². The summed E-state index contributed by atoms with van der Waals surface area (Å²) < 4.78 is 17.8. The van der Waals surface area contributed by atoms with Gasteiger partial charge >= 0.3 is 0 Å². The molecule has 0 aromatic heterocycles. The highest BCUT2D eigenvalue weighted by atomic mass is 19.1. The van der Waals surface area contributed by atoms with Crippen molar-refractivity contribution in [3.63, 3.8) is 0 Å². The van der Waals surface area contributed by atoms with Crippen LogP contribution in [0.15, 0.2) is 24.3 Å². The van der Waals surface area contributed by atoms with Gasteiger partial charge in [0.1, 0.15) is 18.0 Å². The van der Waals surface area contributed by atoms with Gasteiger partial charge in [0.25, 0.3) is 0 Å². The van der Waals surface area contributed by atoms with Crippen molar-refractivity contribution >= 4 is 0 Å². The largest absolute Gasteiger partial charge is 0.394 e. The quantitative estimate of drug-likeness (QED) is 0.674. The summed E-state index contributed by atoms with van der Waals surface area (Å²) in [5, 5.41) is 8.69. The minimum atomic E-state index is -0.264. The van der Waals surface area contributed by atoms with Gasteiger partial charge in [0.05, 0.1) is 6.61 Å². The summed E-state index contributed by atoms with van der Waals surface area (Å²) in [7, 11) is 0. The molecule has 0 radical (unpaired) electrons. The topological polar surface area (TPSA) is 32.8 Å². The molecule has 64 valence electrons. The van der Waals surface area contributed by atoms with Crippen LogP contribution in [0.4, 0.5) is 4.39 Å². The Hall–Kier alpha value is -0.930. The molecule has 1 N–H and O–H groups in total. The lowest BCUT2D eigenvalue weighted by molar-refractivity contribution is 0.242. The van der Waals surface area contributed by atoms with E-state index < -0.39 is 0 Å². The fourth-order valence-corrected chi connectivity index (χ4v) is 1.26. The van der Waals surface area contributed by atoms with E-state index in [-0.39, 0.29) is 24.6 Å². The summed E-state index contributed by atoms with van der Waals surface area (Å²) in [6.45, 7) is 0.00117. The number of rotatable bonds is 2. The van der Waals surface area contributed by atoms with E-state index in [0.717, 1.165) is 5.56 Å². The SMILES string of the molecule is OCC1OC1c1cccc(F)c1. The van der Waals surface area contributed by atoms with Gasteiger partial charge in [-0.15, -0.1) is 0 Å². The molecule has 1 saturated heterocycles. The van der Waals surface area contributed by atoms with Crippen molar-refractivity contribution in [3.05, 3.63) is 35.6 Å². The Bertz CT molecular complexity index is 288. The molecular weight excluding hydrogens is 159 g/mol. The summed E-state index contributed by atoms with van der Waals surface area (Å²) in [6.07, 6.45) is -0.238. The minimum Gasteiger partial charge on any atom is -0.394 e. The van der Waals surface area contributed by atoms with Gasteiger partial charge < -0.3 is 9.84 Å². The number of benzene rings is 1. The van der Waals surface area contributed by atoms with Crippen LogP contribution in [-0.2, 0) is 4.74 Å². The number of hydrogen-bond acceptors (Lipinski definition) is 2. The third-order valence-electron chi connectivity index (χ3n) is 1.94. The van der Waals surface area contributed by atoms with Crippen LogP contribution in [0.5, 0.6) is 0 Å². The second-order valence-electron chi connectivity index (χ2n) is 2.83. The number of aliphatic hydroxyl groups excluding tert-OH is 1. The van der Waals surface area contributed by atoms with Gasteiger partial charge in [-0.1, -0.05) is 12.1 Å². The lowest BCUT2D eigenvalue weighted by Gasteiger charge is -1.94. The maximum Gasteiger partial charge on any atom is 0.123 e. The number of halogens is 1. The van der Waals surface area contributed by atoms with Crippen LogP contribution in [0.1, 0.15) is 11.7 Å². The van der Waals surface area contributed by atoms with Crippen molar-refractivity contribution in [1.29, 1.82) is 0 Å². The average molecular weight is 168 g/mol. The van der Waals surface area contributed by atoms with Crippen molar-refractivity contribution in [3.8, 4) is 0 Å². The first-order chi connectivity index (χ1) is 5.81. The predicted molar refractivity (Wildman–Crippen MR) is 41.1 cm³/mol. The first-order valence-corrected chi connectivity index (χ1v) is 3.83. The van der Waals surface area contributed by atoms with Crippen molar-refractivity contribution in [2.45, 2.75) is 12.2 Å². The zero-order valence-corrected chi connectivity index (χ0v) is 6.40. The molecule has 12 heavy (non-hydrogen) atoms. The molecule has 1 aromatic rings. The zero-order chi connectivity index (χ0) is 8.55. The minimum absolute atomic E-state index is 0.00117. The van der Waals surface area contributed by atoms with Crippen LogP contribution < -0.4 is 0 Å². The molecule has 1 aliphatic heterocycles. The Balaban J connectivity index is 2.14. The van der Waals surface area contributed by atoms with Crippen molar-refractivity contribution in [2.75, 3.05) is 6.61 Å².